The van der Waals surface area contributed by atoms with Crippen LogP contribution in [-0.4, -0.2) is 26.0 Å². The maximum Gasteiger partial charge on any atom is 0.418 e. The number of nitrogens with one attached hydrogen (secondary N) is 1. The maximum absolute atomic E-state index is 13.0. The number of alkyl halides is 3. The summed E-state index contributed by atoms with van der Waals surface area (Å²) in [6, 6.07) is 3.53. The normalized spacial score (nSPS) is 11.6. The van der Waals surface area contributed by atoms with E-state index in [9.17, 15) is 18.0 Å². The molecular weight excluding hydrogens is 283 g/mol. The number of carbonyl (C=O) groups is 1. The van der Waals surface area contributed by atoms with E-state index in [1.165, 1.54) is 24.1 Å². The molecule has 1 aromatic carbocycles. The van der Waals surface area contributed by atoms with E-state index in [1.54, 1.807) is 0 Å². The minimum absolute atomic E-state index is 0.0312. The van der Waals surface area contributed by atoms with E-state index in [0.29, 0.717) is 6.54 Å². The van der Waals surface area contributed by atoms with Gasteiger partial charge in [-0.15, -0.1) is 0 Å². The summed E-state index contributed by atoms with van der Waals surface area (Å²) < 4.78 is 39.0. The molecule has 0 unspecified atom stereocenters. The van der Waals surface area contributed by atoms with Crippen LogP contribution in [0, 0.1) is 5.92 Å². The van der Waals surface area contributed by atoms with Gasteiger partial charge in [0, 0.05) is 25.0 Å². The van der Waals surface area contributed by atoms with Crippen LogP contribution < -0.4 is 16.0 Å². The van der Waals surface area contributed by atoms with Crippen LogP contribution in [0.4, 0.5) is 24.5 Å². The molecule has 0 aliphatic carbocycles. The highest BCUT2D eigenvalue weighted by atomic mass is 19.4. The Morgan fingerprint density at radius 2 is 2.00 bits per heavy atom. The molecule has 0 spiro atoms. The molecule has 0 radical (unpaired) electrons. The Morgan fingerprint density at radius 3 is 2.52 bits per heavy atom. The number of nitrogen functional groups attached to an aromatic ring is 1. The molecule has 1 aromatic rings. The van der Waals surface area contributed by atoms with E-state index < -0.39 is 11.7 Å². The molecule has 1 rings (SSSR count). The van der Waals surface area contributed by atoms with Crippen molar-refractivity contribution in [3.05, 3.63) is 23.8 Å². The smallest absolute Gasteiger partial charge is 0.399 e. The number of rotatable bonds is 5. The number of benzene rings is 1. The number of halogens is 3. The Balaban J connectivity index is 2.87. The molecular formula is C14H20F3N3O. The van der Waals surface area contributed by atoms with Crippen LogP contribution in [0.25, 0.3) is 0 Å². The van der Waals surface area contributed by atoms with Crippen molar-refractivity contribution in [2.45, 2.75) is 20.0 Å². The third-order valence-electron chi connectivity index (χ3n) is 2.83. The second kappa shape index (κ2) is 6.69. The van der Waals surface area contributed by atoms with Gasteiger partial charge in [-0.1, -0.05) is 13.8 Å². The van der Waals surface area contributed by atoms with E-state index in [4.69, 9.17) is 5.73 Å². The lowest BCUT2D eigenvalue weighted by Gasteiger charge is -2.23. The van der Waals surface area contributed by atoms with E-state index in [0.717, 1.165) is 6.07 Å². The SMILES string of the molecule is CC(C)CNC(=O)CN(C)c1ccc(N)cc1C(F)(F)F. The maximum atomic E-state index is 13.0. The minimum atomic E-state index is -4.52. The summed E-state index contributed by atoms with van der Waals surface area (Å²) in [5.74, 6) is -0.0438. The van der Waals surface area contributed by atoms with Crippen molar-refractivity contribution in [2.75, 3.05) is 30.8 Å². The van der Waals surface area contributed by atoms with Crippen molar-refractivity contribution in [1.82, 2.24) is 5.32 Å². The van der Waals surface area contributed by atoms with Crippen LogP contribution in [0.1, 0.15) is 19.4 Å². The fraction of sp³-hybridized carbons (Fsp3) is 0.500. The Hall–Kier alpha value is -1.92. The van der Waals surface area contributed by atoms with Gasteiger partial charge in [0.25, 0.3) is 0 Å². The number of nitrogens with two attached hydrogens (primary N) is 1. The van der Waals surface area contributed by atoms with E-state index in [-0.39, 0.29) is 29.7 Å². The average molecular weight is 303 g/mol. The van der Waals surface area contributed by atoms with Gasteiger partial charge in [0.1, 0.15) is 0 Å². The van der Waals surface area contributed by atoms with Crippen LogP contribution in [0.2, 0.25) is 0 Å². The number of amides is 1. The van der Waals surface area contributed by atoms with Crippen molar-refractivity contribution >= 4 is 17.3 Å². The van der Waals surface area contributed by atoms with Gasteiger partial charge in [0.2, 0.25) is 5.91 Å². The third kappa shape index (κ3) is 5.17. The number of carbonyl (C=O) groups excluding carboxylic acids is 1. The van der Waals surface area contributed by atoms with Gasteiger partial charge in [0.05, 0.1) is 12.1 Å². The molecule has 0 fully saturated rings. The largest absolute Gasteiger partial charge is 0.418 e. The summed E-state index contributed by atoms with van der Waals surface area (Å²) in [4.78, 5) is 13.0. The summed E-state index contributed by atoms with van der Waals surface area (Å²) in [5, 5.41) is 2.67. The number of anilines is 2. The van der Waals surface area contributed by atoms with E-state index in [2.05, 4.69) is 5.32 Å². The van der Waals surface area contributed by atoms with Gasteiger partial charge in [-0.05, 0) is 24.1 Å². The number of nitrogens with zero attached hydrogens (tertiary/aromatic N) is 1. The van der Waals surface area contributed by atoms with Gasteiger partial charge in [-0.25, -0.2) is 0 Å². The topological polar surface area (TPSA) is 58.4 Å². The Morgan fingerprint density at radius 1 is 1.38 bits per heavy atom. The monoisotopic (exact) mass is 303 g/mol. The minimum Gasteiger partial charge on any atom is -0.399 e. The van der Waals surface area contributed by atoms with Crippen molar-refractivity contribution < 1.29 is 18.0 Å². The highest BCUT2D eigenvalue weighted by Crippen LogP contribution is 2.37. The Labute approximate surface area is 122 Å². The molecule has 118 valence electrons. The highest BCUT2D eigenvalue weighted by Gasteiger charge is 2.34. The van der Waals surface area contributed by atoms with Gasteiger partial charge in [-0.3, -0.25) is 4.79 Å². The van der Waals surface area contributed by atoms with Crippen LogP contribution >= 0.6 is 0 Å². The standard InChI is InChI=1S/C14H20F3N3O/c1-9(2)7-19-13(21)8-20(3)12-5-4-10(18)6-11(12)14(15,16)17/h4-6,9H,7-8,18H2,1-3H3,(H,19,21). The third-order valence-corrected chi connectivity index (χ3v) is 2.83. The van der Waals surface area contributed by atoms with Crippen molar-refractivity contribution in [3.63, 3.8) is 0 Å². The number of hydrogen-bond acceptors (Lipinski definition) is 3. The summed E-state index contributed by atoms with van der Waals surface area (Å²) in [6.45, 7) is 4.21. The summed E-state index contributed by atoms with van der Waals surface area (Å²) in [6.07, 6.45) is -4.52. The van der Waals surface area contributed by atoms with E-state index in [1.807, 2.05) is 13.8 Å². The van der Waals surface area contributed by atoms with Gasteiger partial charge in [-0.2, -0.15) is 13.2 Å². The molecule has 0 saturated carbocycles. The lowest BCUT2D eigenvalue weighted by atomic mass is 10.1. The molecule has 0 atom stereocenters. The van der Waals surface area contributed by atoms with Crippen molar-refractivity contribution in [1.29, 1.82) is 0 Å². The van der Waals surface area contributed by atoms with Crippen LogP contribution in [0.5, 0.6) is 0 Å². The van der Waals surface area contributed by atoms with Crippen LogP contribution in [0.15, 0.2) is 18.2 Å². The quantitative estimate of drug-likeness (QED) is 0.822. The summed E-state index contributed by atoms with van der Waals surface area (Å²) >= 11 is 0. The van der Waals surface area contributed by atoms with E-state index >= 15 is 0 Å². The zero-order valence-electron chi connectivity index (χ0n) is 12.3. The average Bonchev–Trinajstić information content (AvgIpc) is 2.35. The first-order valence-electron chi connectivity index (χ1n) is 6.55. The van der Waals surface area contributed by atoms with Gasteiger partial charge >= 0.3 is 6.18 Å². The fourth-order valence-electron chi connectivity index (χ4n) is 1.79. The second-order valence-corrected chi connectivity index (χ2v) is 5.33. The number of hydrogen-bond donors (Lipinski definition) is 2. The first kappa shape index (κ1) is 17.1. The van der Waals surface area contributed by atoms with Gasteiger partial charge in [0.15, 0.2) is 0 Å². The predicted molar refractivity (Wildman–Crippen MR) is 77.0 cm³/mol. The molecule has 3 N–H and O–H groups in total. The molecule has 0 saturated heterocycles. The molecule has 4 nitrogen and oxygen atoms in total. The molecule has 0 aliphatic heterocycles. The lowest BCUT2D eigenvalue weighted by Crippen LogP contribution is -2.37. The molecule has 21 heavy (non-hydrogen) atoms. The first-order chi connectivity index (χ1) is 9.61. The van der Waals surface area contributed by atoms with Crippen LogP contribution in [0.3, 0.4) is 0 Å². The molecule has 1 amide bonds. The highest BCUT2D eigenvalue weighted by molar-refractivity contribution is 5.81. The molecule has 0 bridgehead atoms. The molecule has 0 aromatic heterocycles. The number of likely N-dealkylation sites (N-methyl/N-ethyl adjacent to an activating group) is 1. The predicted octanol–water partition coefficient (Wildman–Crippen LogP) is 2.50. The summed E-state index contributed by atoms with van der Waals surface area (Å²) in [5.41, 5.74) is 4.52. The molecule has 0 heterocycles. The second-order valence-electron chi connectivity index (χ2n) is 5.33. The molecule has 0 aliphatic rings. The van der Waals surface area contributed by atoms with Crippen molar-refractivity contribution in [3.8, 4) is 0 Å². The Bertz CT molecular complexity index is 501. The zero-order valence-corrected chi connectivity index (χ0v) is 12.3. The summed E-state index contributed by atoms with van der Waals surface area (Å²) in [7, 11) is 1.44. The van der Waals surface area contributed by atoms with Gasteiger partial charge < -0.3 is 16.0 Å². The molecule has 7 heteroatoms. The van der Waals surface area contributed by atoms with Crippen LogP contribution in [-0.2, 0) is 11.0 Å². The fourth-order valence-corrected chi connectivity index (χ4v) is 1.79. The lowest BCUT2D eigenvalue weighted by molar-refractivity contribution is -0.137. The first-order valence-corrected chi connectivity index (χ1v) is 6.55. The Kier molecular flexibility index (Phi) is 5.46. The zero-order chi connectivity index (χ0) is 16.2. The van der Waals surface area contributed by atoms with Crippen molar-refractivity contribution in [2.24, 2.45) is 5.92 Å².